The van der Waals surface area contributed by atoms with Crippen LogP contribution >= 0.6 is 11.8 Å². The van der Waals surface area contributed by atoms with Crippen molar-refractivity contribution in [1.82, 2.24) is 10.4 Å². The zero-order valence-electron chi connectivity index (χ0n) is 22.9. The third-order valence-electron chi connectivity index (χ3n) is 9.28. The number of thioether (sulfide) groups is 1. The number of carbonyl (C=O) groups is 1. The molecular weight excluding hydrogens is 480 g/mol. The van der Waals surface area contributed by atoms with Crippen LogP contribution in [0.15, 0.2) is 24.3 Å². The van der Waals surface area contributed by atoms with Crippen LogP contribution in [0.2, 0.25) is 0 Å². The molecule has 37 heavy (non-hydrogen) atoms. The fourth-order valence-corrected chi connectivity index (χ4v) is 8.81. The van der Waals surface area contributed by atoms with E-state index in [2.05, 4.69) is 29.1 Å². The van der Waals surface area contributed by atoms with Crippen molar-refractivity contribution in [2.45, 2.75) is 126 Å². The molecular formula is C31H48N2O3S. The minimum absolute atomic E-state index is 0.0536. The molecule has 1 aromatic carbocycles. The van der Waals surface area contributed by atoms with Gasteiger partial charge in [-0.3, -0.25) is 9.63 Å². The molecule has 0 radical (unpaired) electrons. The highest BCUT2D eigenvalue weighted by molar-refractivity contribution is 8.00. The van der Waals surface area contributed by atoms with Gasteiger partial charge in [-0.05, 0) is 69.4 Å². The topological polar surface area (TPSA) is 50.8 Å². The quantitative estimate of drug-likeness (QED) is 0.393. The molecule has 5 rings (SSSR count). The summed E-state index contributed by atoms with van der Waals surface area (Å²) >= 11 is 2.18. The van der Waals surface area contributed by atoms with Crippen molar-refractivity contribution in [3.05, 3.63) is 29.8 Å². The van der Waals surface area contributed by atoms with Crippen LogP contribution in [-0.2, 0) is 9.63 Å². The van der Waals surface area contributed by atoms with E-state index in [1.165, 1.54) is 95.5 Å². The van der Waals surface area contributed by atoms with Gasteiger partial charge in [-0.1, -0.05) is 69.1 Å². The van der Waals surface area contributed by atoms with Crippen LogP contribution in [0.5, 0.6) is 5.75 Å². The SMILES string of the molecule is Cc1ccc(OCC(=O)N(CC2CCC(C3CCCCCCC3)S2)C2CC(C3CCCCC3)ON2)cc1. The average molecular weight is 529 g/mol. The maximum absolute atomic E-state index is 13.6. The second-order valence-electron chi connectivity index (χ2n) is 12.1. The summed E-state index contributed by atoms with van der Waals surface area (Å²) in [5.41, 5.74) is 4.49. The molecule has 2 heterocycles. The number of nitrogens with one attached hydrogen (secondary N) is 1. The number of hydroxylamine groups is 1. The van der Waals surface area contributed by atoms with Crippen molar-refractivity contribution in [3.63, 3.8) is 0 Å². The Labute approximate surface area is 228 Å². The third-order valence-corrected chi connectivity index (χ3v) is 11.0. The predicted octanol–water partition coefficient (Wildman–Crippen LogP) is 7.03. The number of hydrogen-bond donors (Lipinski definition) is 1. The van der Waals surface area contributed by atoms with Crippen molar-refractivity contribution in [2.24, 2.45) is 11.8 Å². The molecule has 4 unspecified atom stereocenters. The van der Waals surface area contributed by atoms with Crippen LogP contribution in [-0.4, -0.2) is 46.7 Å². The summed E-state index contributed by atoms with van der Waals surface area (Å²) in [6, 6.07) is 7.97. The van der Waals surface area contributed by atoms with Gasteiger partial charge in [0.2, 0.25) is 0 Å². The highest BCUT2D eigenvalue weighted by Crippen LogP contribution is 2.43. The summed E-state index contributed by atoms with van der Waals surface area (Å²) in [7, 11) is 0. The number of hydrogen-bond acceptors (Lipinski definition) is 5. The van der Waals surface area contributed by atoms with E-state index in [4.69, 9.17) is 9.57 Å². The van der Waals surface area contributed by atoms with Crippen molar-refractivity contribution < 1.29 is 14.4 Å². The first kappa shape index (κ1) is 27.3. The summed E-state index contributed by atoms with van der Waals surface area (Å²) in [5.74, 6) is 2.32. The normalized spacial score (nSPS) is 30.1. The van der Waals surface area contributed by atoms with Gasteiger partial charge in [0, 0.05) is 23.5 Å². The highest BCUT2D eigenvalue weighted by Gasteiger charge is 2.40. The molecule has 2 saturated heterocycles. The lowest BCUT2D eigenvalue weighted by molar-refractivity contribution is -0.137. The molecule has 2 aliphatic carbocycles. The molecule has 4 fully saturated rings. The first-order chi connectivity index (χ1) is 18.2. The number of carbonyl (C=O) groups excluding carboxylic acids is 1. The molecule has 1 amide bonds. The van der Waals surface area contributed by atoms with Gasteiger partial charge in [0.1, 0.15) is 11.9 Å². The van der Waals surface area contributed by atoms with Crippen molar-refractivity contribution in [2.75, 3.05) is 13.2 Å². The van der Waals surface area contributed by atoms with Crippen LogP contribution in [0.1, 0.15) is 102 Å². The molecule has 0 spiro atoms. The third kappa shape index (κ3) is 7.67. The van der Waals surface area contributed by atoms with Crippen LogP contribution in [0.4, 0.5) is 0 Å². The number of benzene rings is 1. The first-order valence-corrected chi connectivity index (χ1v) is 16.2. The fourth-order valence-electron chi connectivity index (χ4n) is 7.03. The standard InChI is InChI=1S/C31H48N2O3S/c1-23-14-16-26(17-15-23)35-22-31(34)33(30-20-28(36-32-30)24-10-8-5-9-11-24)21-27-18-19-29(37-27)25-12-6-3-2-4-7-13-25/h14-17,24-25,27-30,32H,2-13,18-22H2,1H3. The Hall–Kier alpha value is -1.24. The van der Waals surface area contributed by atoms with Crippen LogP contribution < -0.4 is 10.2 Å². The summed E-state index contributed by atoms with van der Waals surface area (Å²) in [5, 5.41) is 1.28. The maximum atomic E-state index is 13.6. The van der Waals surface area contributed by atoms with E-state index in [1.54, 1.807) is 0 Å². The van der Waals surface area contributed by atoms with Gasteiger partial charge in [-0.2, -0.15) is 17.2 Å². The molecule has 206 valence electrons. The van der Waals surface area contributed by atoms with Gasteiger partial charge in [0.25, 0.3) is 5.91 Å². The summed E-state index contributed by atoms with van der Waals surface area (Å²) in [4.78, 5) is 21.8. The number of aryl methyl sites for hydroxylation is 1. The van der Waals surface area contributed by atoms with E-state index in [0.29, 0.717) is 11.2 Å². The lowest BCUT2D eigenvalue weighted by Crippen LogP contribution is -2.49. The number of amides is 1. The Morgan fingerprint density at radius 2 is 1.57 bits per heavy atom. The molecule has 4 atom stereocenters. The second-order valence-corrected chi connectivity index (χ2v) is 13.6. The molecule has 0 bridgehead atoms. The van der Waals surface area contributed by atoms with Crippen LogP contribution in [0.3, 0.4) is 0 Å². The summed E-state index contributed by atoms with van der Waals surface area (Å²) in [6.45, 7) is 2.94. The molecule has 5 nitrogen and oxygen atoms in total. The fraction of sp³-hybridized carbons (Fsp3) is 0.774. The highest BCUT2D eigenvalue weighted by atomic mass is 32.2. The summed E-state index contributed by atoms with van der Waals surface area (Å²) < 4.78 is 5.95. The van der Waals surface area contributed by atoms with Gasteiger partial charge >= 0.3 is 0 Å². The maximum Gasteiger partial charge on any atom is 0.261 e. The Bertz CT molecular complexity index is 835. The van der Waals surface area contributed by atoms with Crippen molar-refractivity contribution in [1.29, 1.82) is 0 Å². The van der Waals surface area contributed by atoms with Crippen molar-refractivity contribution >= 4 is 17.7 Å². The molecule has 6 heteroatoms. The monoisotopic (exact) mass is 528 g/mol. The Kier molecular flexibility index (Phi) is 10.1. The van der Waals surface area contributed by atoms with E-state index < -0.39 is 0 Å². The van der Waals surface area contributed by atoms with Crippen molar-refractivity contribution in [3.8, 4) is 5.75 Å². The second kappa shape index (κ2) is 13.7. The van der Waals surface area contributed by atoms with E-state index in [9.17, 15) is 4.79 Å². The average Bonchev–Trinajstić information content (AvgIpc) is 3.57. The molecule has 2 aliphatic heterocycles. The van der Waals surface area contributed by atoms with Gasteiger partial charge in [-0.25, -0.2) is 0 Å². The van der Waals surface area contributed by atoms with Gasteiger partial charge in [-0.15, -0.1) is 0 Å². The van der Waals surface area contributed by atoms with Gasteiger partial charge < -0.3 is 9.64 Å². The van der Waals surface area contributed by atoms with Gasteiger partial charge in [0.15, 0.2) is 6.61 Å². The Balaban J connectivity index is 1.20. The van der Waals surface area contributed by atoms with Crippen LogP contribution in [0, 0.1) is 18.8 Å². The largest absolute Gasteiger partial charge is 0.484 e. The van der Waals surface area contributed by atoms with Crippen LogP contribution in [0.25, 0.3) is 0 Å². The molecule has 1 aromatic rings. The molecule has 2 saturated carbocycles. The zero-order chi connectivity index (χ0) is 25.5. The number of nitrogens with zero attached hydrogens (tertiary/aromatic N) is 1. The van der Waals surface area contributed by atoms with E-state index in [0.717, 1.165) is 29.9 Å². The minimum atomic E-state index is -0.0536. The number of rotatable bonds is 8. The molecule has 1 N–H and O–H groups in total. The Morgan fingerprint density at radius 3 is 2.30 bits per heavy atom. The van der Waals surface area contributed by atoms with E-state index >= 15 is 0 Å². The molecule has 4 aliphatic rings. The lowest BCUT2D eigenvalue weighted by Gasteiger charge is -2.31. The lowest BCUT2D eigenvalue weighted by atomic mass is 9.84. The Morgan fingerprint density at radius 1 is 0.919 bits per heavy atom. The minimum Gasteiger partial charge on any atom is -0.484 e. The first-order valence-electron chi connectivity index (χ1n) is 15.2. The smallest absolute Gasteiger partial charge is 0.261 e. The zero-order valence-corrected chi connectivity index (χ0v) is 23.7. The van der Waals surface area contributed by atoms with E-state index in [1.807, 2.05) is 24.3 Å². The van der Waals surface area contributed by atoms with Gasteiger partial charge in [0.05, 0.1) is 6.10 Å². The predicted molar refractivity (Wildman–Crippen MR) is 152 cm³/mol. The summed E-state index contributed by atoms with van der Waals surface area (Å²) in [6.07, 6.45) is 19.9. The number of ether oxygens (including phenoxy) is 1. The molecule has 0 aromatic heterocycles. The van der Waals surface area contributed by atoms with E-state index in [-0.39, 0.29) is 24.8 Å².